The fourth-order valence-corrected chi connectivity index (χ4v) is 1.67. The number of carbonyl (C=O) groups excluding carboxylic acids is 1. The molecule has 0 amide bonds. The first-order valence-electron chi connectivity index (χ1n) is 4.96. The highest BCUT2D eigenvalue weighted by Gasteiger charge is 2.03. The van der Waals surface area contributed by atoms with Gasteiger partial charge < -0.3 is 4.98 Å². The Balaban J connectivity index is 0.000000531. The van der Waals surface area contributed by atoms with Crippen LogP contribution in [0.2, 0.25) is 0 Å². The smallest absolute Gasteiger partial charge is 0.175 e. The van der Waals surface area contributed by atoms with Crippen LogP contribution in [0, 0.1) is 0 Å². The number of ketones is 1. The second kappa shape index (κ2) is 5.12. The fraction of sp³-hybridized carbons (Fsp3) is 0.250. The number of Topliss-reactive ketones (excluding diaryl/α,β-unsaturated/α-hetero) is 1. The summed E-state index contributed by atoms with van der Waals surface area (Å²) in [4.78, 5) is 14.1. The normalized spacial score (nSPS) is 9.60. The highest BCUT2D eigenvalue weighted by molar-refractivity contribution is 9.10. The summed E-state index contributed by atoms with van der Waals surface area (Å²) in [7, 11) is 0. The minimum Gasteiger partial charge on any atom is -0.352 e. The van der Waals surface area contributed by atoms with Crippen LogP contribution in [0.25, 0.3) is 10.9 Å². The quantitative estimate of drug-likeness (QED) is 0.774. The van der Waals surface area contributed by atoms with Crippen molar-refractivity contribution >= 4 is 32.6 Å². The molecule has 0 aliphatic heterocycles. The molecule has 15 heavy (non-hydrogen) atoms. The molecule has 2 aromatic rings. The Morgan fingerprint density at radius 1 is 1.27 bits per heavy atom. The van der Waals surface area contributed by atoms with E-state index >= 15 is 0 Å². The van der Waals surface area contributed by atoms with Crippen LogP contribution >= 0.6 is 15.9 Å². The number of halogens is 1. The minimum absolute atomic E-state index is 0.0623. The Bertz CT molecular complexity index is 473. The van der Waals surface area contributed by atoms with Crippen molar-refractivity contribution in [1.29, 1.82) is 0 Å². The van der Waals surface area contributed by atoms with Crippen LogP contribution < -0.4 is 0 Å². The average Bonchev–Trinajstić information content (AvgIpc) is 2.63. The van der Waals surface area contributed by atoms with Crippen molar-refractivity contribution in [2.75, 3.05) is 0 Å². The maximum atomic E-state index is 11.1. The van der Waals surface area contributed by atoms with Crippen molar-refractivity contribution in [3.05, 3.63) is 34.4 Å². The Kier molecular flexibility index (Phi) is 4.09. The second-order valence-electron chi connectivity index (χ2n) is 2.97. The summed E-state index contributed by atoms with van der Waals surface area (Å²) in [5, 5.41) is 1.06. The van der Waals surface area contributed by atoms with E-state index in [4.69, 9.17) is 0 Å². The molecule has 0 unspecified atom stereocenters. The van der Waals surface area contributed by atoms with Crippen molar-refractivity contribution in [3.63, 3.8) is 0 Å². The summed E-state index contributed by atoms with van der Waals surface area (Å²) >= 11 is 3.38. The molecule has 2 nitrogen and oxygen atoms in total. The largest absolute Gasteiger partial charge is 0.352 e. The van der Waals surface area contributed by atoms with Gasteiger partial charge >= 0.3 is 0 Å². The van der Waals surface area contributed by atoms with Gasteiger partial charge in [-0.1, -0.05) is 29.8 Å². The number of aromatic nitrogens is 1. The van der Waals surface area contributed by atoms with Gasteiger partial charge in [0.2, 0.25) is 0 Å². The predicted octanol–water partition coefficient (Wildman–Crippen LogP) is 4.16. The lowest BCUT2D eigenvalue weighted by atomic mass is 10.2. The molecule has 1 heterocycles. The Morgan fingerprint density at radius 3 is 2.53 bits per heavy atom. The number of hydrogen-bond donors (Lipinski definition) is 1. The molecule has 0 aliphatic rings. The molecule has 80 valence electrons. The summed E-state index contributed by atoms with van der Waals surface area (Å²) in [6.45, 7) is 5.56. The van der Waals surface area contributed by atoms with E-state index in [-0.39, 0.29) is 5.78 Å². The highest BCUT2D eigenvalue weighted by atomic mass is 79.9. The number of rotatable bonds is 1. The van der Waals surface area contributed by atoms with E-state index in [1.54, 1.807) is 6.92 Å². The number of benzene rings is 1. The first kappa shape index (κ1) is 12.0. The van der Waals surface area contributed by atoms with Crippen LogP contribution in [-0.2, 0) is 0 Å². The van der Waals surface area contributed by atoms with Crippen LogP contribution in [0.3, 0.4) is 0 Å². The molecule has 0 fully saturated rings. The molecule has 2 rings (SSSR count). The summed E-state index contributed by atoms with van der Waals surface area (Å²) in [6.07, 6.45) is 0. The van der Waals surface area contributed by atoms with E-state index < -0.39 is 0 Å². The lowest BCUT2D eigenvalue weighted by Gasteiger charge is -1.89. The van der Waals surface area contributed by atoms with Gasteiger partial charge in [0.15, 0.2) is 5.78 Å². The van der Waals surface area contributed by atoms with Gasteiger partial charge in [-0.15, -0.1) is 0 Å². The first-order valence-corrected chi connectivity index (χ1v) is 5.75. The Hall–Kier alpha value is -1.09. The predicted molar refractivity (Wildman–Crippen MR) is 67.4 cm³/mol. The first-order chi connectivity index (χ1) is 7.16. The second-order valence-corrected chi connectivity index (χ2v) is 3.89. The molecule has 1 aromatic carbocycles. The van der Waals surface area contributed by atoms with Gasteiger partial charge in [-0.3, -0.25) is 4.79 Å². The third kappa shape index (κ3) is 2.69. The van der Waals surface area contributed by atoms with Crippen molar-refractivity contribution in [1.82, 2.24) is 4.98 Å². The van der Waals surface area contributed by atoms with E-state index in [1.165, 1.54) is 0 Å². The van der Waals surface area contributed by atoms with Gasteiger partial charge in [-0.05, 0) is 24.3 Å². The van der Waals surface area contributed by atoms with E-state index in [1.807, 2.05) is 38.1 Å². The number of hydrogen-bond acceptors (Lipinski definition) is 1. The molecule has 0 radical (unpaired) electrons. The van der Waals surface area contributed by atoms with Gasteiger partial charge in [0.1, 0.15) is 0 Å². The maximum absolute atomic E-state index is 11.1. The van der Waals surface area contributed by atoms with Crippen LogP contribution in [0.4, 0.5) is 0 Å². The van der Waals surface area contributed by atoms with Crippen LogP contribution in [0.5, 0.6) is 0 Å². The van der Waals surface area contributed by atoms with Crippen LogP contribution in [0.1, 0.15) is 31.3 Å². The molecule has 1 aromatic heterocycles. The van der Waals surface area contributed by atoms with E-state index in [0.29, 0.717) is 5.69 Å². The van der Waals surface area contributed by atoms with Gasteiger partial charge in [-0.2, -0.15) is 0 Å². The molecular formula is C12H14BrNO. The topological polar surface area (TPSA) is 32.9 Å². The zero-order valence-corrected chi connectivity index (χ0v) is 10.7. The molecular weight excluding hydrogens is 254 g/mol. The van der Waals surface area contributed by atoms with Crippen LogP contribution in [-0.4, -0.2) is 10.8 Å². The summed E-state index contributed by atoms with van der Waals surface area (Å²) < 4.78 is 1.02. The minimum atomic E-state index is 0.0623. The van der Waals surface area contributed by atoms with E-state index in [9.17, 15) is 4.79 Å². The standard InChI is InChI=1S/C10H8BrNO.C2H6/c1-6(13)10-5-7-4-8(11)2-3-9(7)12-10;1-2/h2-5,12H,1H3;1-2H3. The summed E-state index contributed by atoms with van der Waals surface area (Å²) in [6, 6.07) is 7.75. The zero-order valence-electron chi connectivity index (χ0n) is 9.10. The van der Waals surface area contributed by atoms with Gasteiger partial charge in [-0.25, -0.2) is 0 Å². The SMILES string of the molecule is CC.CC(=O)c1cc2cc(Br)ccc2[nH]1. The number of H-pyrrole nitrogens is 1. The maximum Gasteiger partial charge on any atom is 0.175 e. The van der Waals surface area contributed by atoms with Crippen LogP contribution in [0.15, 0.2) is 28.7 Å². The van der Waals surface area contributed by atoms with Crippen molar-refractivity contribution < 1.29 is 4.79 Å². The number of nitrogens with one attached hydrogen (secondary N) is 1. The molecule has 1 N–H and O–H groups in total. The molecule has 0 spiro atoms. The molecule has 0 saturated heterocycles. The van der Waals surface area contributed by atoms with Gasteiger partial charge in [0, 0.05) is 22.3 Å². The molecule has 0 saturated carbocycles. The molecule has 3 heteroatoms. The fourth-order valence-electron chi connectivity index (χ4n) is 1.29. The lowest BCUT2D eigenvalue weighted by Crippen LogP contribution is -1.89. The third-order valence-corrected chi connectivity index (χ3v) is 2.46. The van der Waals surface area contributed by atoms with Crippen molar-refractivity contribution in [2.45, 2.75) is 20.8 Å². The van der Waals surface area contributed by atoms with Crippen molar-refractivity contribution in [2.24, 2.45) is 0 Å². The van der Waals surface area contributed by atoms with Crippen molar-refractivity contribution in [3.8, 4) is 0 Å². The van der Waals surface area contributed by atoms with E-state index in [2.05, 4.69) is 20.9 Å². The lowest BCUT2D eigenvalue weighted by molar-refractivity contribution is 0.101. The Morgan fingerprint density at radius 2 is 1.93 bits per heavy atom. The highest BCUT2D eigenvalue weighted by Crippen LogP contribution is 2.20. The molecule has 0 atom stereocenters. The average molecular weight is 268 g/mol. The third-order valence-electron chi connectivity index (χ3n) is 1.96. The Labute approximate surface area is 97.8 Å². The molecule has 0 aliphatic carbocycles. The number of aromatic amines is 1. The zero-order chi connectivity index (χ0) is 11.4. The van der Waals surface area contributed by atoms with Gasteiger partial charge in [0.25, 0.3) is 0 Å². The monoisotopic (exact) mass is 267 g/mol. The number of carbonyl (C=O) groups is 1. The summed E-state index contributed by atoms with van der Waals surface area (Å²) in [5.74, 6) is 0.0623. The summed E-state index contributed by atoms with van der Waals surface area (Å²) in [5.41, 5.74) is 1.65. The van der Waals surface area contributed by atoms with E-state index in [0.717, 1.165) is 15.4 Å². The number of fused-ring (bicyclic) bond motifs is 1. The van der Waals surface area contributed by atoms with Gasteiger partial charge in [0.05, 0.1) is 5.69 Å². The molecule has 0 bridgehead atoms.